The quantitative estimate of drug-likeness (QED) is 0.512. The number of rotatable bonds is 6. The van der Waals surface area contributed by atoms with Gasteiger partial charge in [-0.2, -0.15) is 0 Å². The standard InChI is InChI=1S/C26H30N8O3/c1-4-12-32-17-24(35)33-18(2)25(36)31(15-20-10-11-21-22(13-20)30(3)29-28-21)16-23(33)34(32)26(37)27-14-19-8-6-5-7-9-19/h4-11,13,18,23H,1,12,14-17H2,2-3H3,(H,27,37)/t18-,23-/m0/s1. The van der Waals surface area contributed by atoms with Crippen molar-refractivity contribution in [3.05, 3.63) is 72.3 Å². The number of carbonyl (C=O) groups is 3. The van der Waals surface area contributed by atoms with Gasteiger partial charge in [-0.3, -0.25) is 9.59 Å². The fourth-order valence-corrected chi connectivity index (χ4v) is 5.05. The molecule has 0 saturated carbocycles. The first-order chi connectivity index (χ1) is 17.9. The number of amides is 4. The molecular formula is C26H30N8O3. The number of piperazine rings is 1. The van der Waals surface area contributed by atoms with E-state index in [1.807, 2.05) is 55.6 Å². The minimum absolute atomic E-state index is 0.0109. The minimum atomic E-state index is -0.705. The SMILES string of the molecule is C=CCN1CC(=O)N2[C@@H](C)C(=O)N(Cc3ccc4nnn(C)c4c3)C[C@@H]2N1C(=O)NCc1ccccc1. The van der Waals surface area contributed by atoms with E-state index >= 15 is 0 Å². The fourth-order valence-electron chi connectivity index (χ4n) is 5.05. The van der Waals surface area contributed by atoms with Crippen LogP contribution >= 0.6 is 0 Å². The Bertz CT molecular complexity index is 1340. The first kappa shape index (κ1) is 24.4. The maximum absolute atomic E-state index is 13.5. The van der Waals surface area contributed by atoms with Gasteiger partial charge in [0.1, 0.15) is 17.7 Å². The maximum atomic E-state index is 13.5. The van der Waals surface area contributed by atoms with E-state index < -0.39 is 12.2 Å². The Morgan fingerprint density at radius 2 is 1.95 bits per heavy atom. The molecule has 0 radical (unpaired) electrons. The molecule has 2 fully saturated rings. The first-order valence-corrected chi connectivity index (χ1v) is 12.2. The van der Waals surface area contributed by atoms with Gasteiger partial charge in [0.25, 0.3) is 0 Å². The molecule has 1 N–H and O–H groups in total. The highest BCUT2D eigenvalue weighted by Gasteiger charge is 2.49. The summed E-state index contributed by atoms with van der Waals surface area (Å²) in [5.41, 5.74) is 3.51. The third-order valence-electron chi connectivity index (χ3n) is 6.87. The van der Waals surface area contributed by atoms with Crippen molar-refractivity contribution in [2.75, 3.05) is 19.6 Å². The fraction of sp³-hybridized carbons (Fsp3) is 0.346. The lowest BCUT2D eigenvalue weighted by molar-refractivity contribution is -0.188. The third kappa shape index (κ3) is 4.65. The molecule has 0 unspecified atom stereocenters. The molecule has 4 amide bonds. The largest absolute Gasteiger partial charge is 0.334 e. The van der Waals surface area contributed by atoms with E-state index in [0.717, 1.165) is 22.2 Å². The molecule has 11 nitrogen and oxygen atoms in total. The highest BCUT2D eigenvalue weighted by molar-refractivity contribution is 5.91. The number of urea groups is 1. The predicted octanol–water partition coefficient (Wildman–Crippen LogP) is 1.48. The summed E-state index contributed by atoms with van der Waals surface area (Å²) in [6, 6.07) is 14.3. The summed E-state index contributed by atoms with van der Waals surface area (Å²) in [6.45, 7) is 6.69. The Morgan fingerprint density at radius 1 is 1.16 bits per heavy atom. The molecule has 2 atom stereocenters. The van der Waals surface area contributed by atoms with Crippen LogP contribution in [0, 0.1) is 0 Å². The number of hydrogen-bond acceptors (Lipinski definition) is 6. The Kier molecular flexibility index (Phi) is 6.62. The van der Waals surface area contributed by atoms with E-state index in [1.165, 1.54) is 4.90 Å². The van der Waals surface area contributed by atoms with Crippen molar-refractivity contribution < 1.29 is 14.4 Å². The van der Waals surface area contributed by atoms with Crippen LogP contribution in [0.4, 0.5) is 4.79 Å². The second-order valence-corrected chi connectivity index (χ2v) is 9.34. The van der Waals surface area contributed by atoms with Gasteiger partial charge in [-0.15, -0.1) is 11.7 Å². The van der Waals surface area contributed by atoms with Crippen molar-refractivity contribution in [3.8, 4) is 0 Å². The van der Waals surface area contributed by atoms with Gasteiger partial charge in [-0.1, -0.05) is 47.7 Å². The number of aromatic nitrogens is 3. The molecule has 0 bridgehead atoms. The van der Waals surface area contributed by atoms with Crippen LogP contribution < -0.4 is 5.32 Å². The molecule has 1 aromatic heterocycles. The van der Waals surface area contributed by atoms with Crippen molar-refractivity contribution in [1.82, 2.24) is 40.1 Å². The summed E-state index contributed by atoms with van der Waals surface area (Å²) in [5.74, 6) is -0.350. The van der Waals surface area contributed by atoms with E-state index in [4.69, 9.17) is 0 Å². The van der Waals surface area contributed by atoms with Gasteiger partial charge in [0, 0.05) is 26.7 Å². The number of fused-ring (bicyclic) bond motifs is 2. The highest BCUT2D eigenvalue weighted by Crippen LogP contribution is 2.27. The van der Waals surface area contributed by atoms with Crippen molar-refractivity contribution in [2.24, 2.45) is 7.05 Å². The molecule has 3 aromatic rings. The molecule has 2 aliphatic rings. The minimum Gasteiger partial charge on any atom is -0.333 e. The molecule has 3 heterocycles. The monoisotopic (exact) mass is 502 g/mol. The van der Waals surface area contributed by atoms with Crippen molar-refractivity contribution in [2.45, 2.75) is 32.2 Å². The number of nitrogens with zero attached hydrogens (tertiary/aromatic N) is 7. The Morgan fingerprint density at radius 3 is 2.70 bits per heavy atom. The molecule has 0 spiro atoms. The van der Waals surface area contributed by atoms with Crippen LogP contribution in [0.25, 0.3) is 11.0 Å². The van der Waals surface area contributed by atoms with Gasteiger partial charge < -0.3 is 15.1 Å². The van der Waals surface area contributed by atoms with E-state index in [1.54, 1.807) is 32.6 Å². The molecule has 11 heteroatoms. The second kappa shape index (κ2) is 10.0. The van der Waals surface area contributed by atoms with E-state index in [0.29, 0.717) is 19.6 Å². The van der Waals surface area contributed by atoms with Crippen molar-refractivity contribution in [1.29, 1.82) is 0 Å². The van der Waals surface area contributed by atoms with Crippen LogP contribution in [-0.4, -0.2) is 84.5 Å². The van der Waals surface area contributed by atoms with Crippen LogP contribution in [0.3, 0.4) is 0 Å². The summed E-state index contributed by atoms with van der Waals surface area (Å²) in [4.78, 5) is 43.2. The molecule has 0 aliphatic carbocycles. The number of aryl methyl sites for hydroxylation is 1. The molecule has 2 saturated heterocycles. The zero-order valence-corrected chi connectivity index (χ0v) is 20.9. The number of hydrogen-bond donors (Lipinski definition) is 1. The van der Waals surface area contributed by atoms with Crippen molar-refractivity contribution >= 4 is 28.9 Å². The van der Waals surface area contributed by atoms with Gasteiger partial charge in [-0.25, -0.2) is 19.5 Å². The number of benzene rings is 2. The van der Waals surface area contributed by atoms with E-state index in [9.17, 15) is 14.4 Å². The molecule has 2 aliphatic heterocycles. The topological polar surface area (TPSA) is 107 Å². The normalized spacial score (nSPS) is 20.3. The smallest absolute Gasteiger partial charge is 0.333 e. The first-order valence-electron chi connectivity index (χ1n) is 12.2. The molecule has 2 aromatic carbocycles. The summed E-state index contributed by atoms with van der Waals surface area (Å²) >= 11 is 0. The molecule has 192 valence electrons. The van der Waals surface area contributed by atoms with Gasteiger partial charge in [0.2, 0.25) is 11.8 Å². The lowest BCUT2D eigenvalue weighted by atomic mass is 10.1. The number of hydrazine groups is 1. The highest BCUT2D eigenvalue weighted by atomic mass is 16.2. The molecule has 37 heavy (non-hydrogen) atoms. The average Bonchev–Trinajstić information content (AvgIpc) is 3.26. The summed E-state index contributed by atoms with van der Waals surface area (Å²) in [5, 5.41) is 14.4. The Hall–Kier alpha value is -4.25. The van der Waals surface area contributed by atoms with Crippen LogP contribution in [0.15, 0.2) is 61.2 Å². The maximum Gasteiger partial charge on any atom is 0.334 e. The van der Waals surface area contributed by atoms with E-state index in [2.05, 4.69) is 22.2 Å². The van der Waals surface area contributed by atoms with Crippen LogP contribution in [0.1, 0.15) is 18.1 Å². The zero-order valence-electron chi connectivity index (χ0n) is 20.9. The predicted molar refractivity (Wildman–Crippen MR) is 136 cm³/mol. The average molecular weight is 503 g/mol. The third-order valence-corrected chi connectivity index (χ3v) is 6.87. The number of carbonyl (C=O) groups excluding carboxylic acids is 3. The zero-order chi connectivity index (χ0) is 26.1. The van der Waals surface area contributed by atoms with Gasteiger partial charge >= 0.3 is 6.03 Å². The summed E-state index contributed by atoms with van der Waals surface area (Å²) < 4.78 is 1.69. The molecular weight excluding hydrogens is 472 g/mol. The summed E-state index contributed by atoms with van der Waals surface area (Å²) in [6.07, 6.45) is 1.01. The molecule has 5 rings (SSSR count). The van der Waals surface area contributed by atoms with Crippen LogP contribution in [0.2, 0.25) is 0 Å². The van der Waals surface area contributed by atoms with Gasteiger partial charge in [0.05, 0.1) is 18.6 Å². The second-order valence-electron chi connectivity index (χ2n) is 9.34. The number of nitrogens with one attached hydrogen (secondary N) is 1. The van der Waals surface area contributed by atoms with Crippen LogP contribution in [-0.2, 0) is 29.7 Å². The Labute approximate surface area is 214 Å². The van der Waals surface area contributed by atoms with Crippen molar-refractivity contribution in [3.63, 3.8) is 0 Å². The lowest BCUT2D eigenvalue weighted by Crippen LogP contribution is -2.75. The van der Waals surface area contributed by atoms with Gasteiger partial charge in [-0.05, 0) is 30.2 Å². The van der Waals surface area contributed by atoms with Gasteiger partial charge in [0.15, 0.2) is 0 Å². The Balaban J connectivity index is 1.41. The lowest BCUT2D eigenvalue weighted by Gasteiger charge is -2.54. The summed E-state index contributed by atoms with van der Waals surface area (Å²) in [7, 11) is 1.82. The van der Waals surface area contributed by atoms with E-state index in [-0.39, 0.29) is 30.9 Å². The van der Waals surface area contributed by atoms with Crippen LogP contribution in [0.5, 0.6) is 0 Å².